The first-order valence-corrected chi connectivity index (χ1v) is 13.5. The van der Waals surface area contributed by atoms with E-state index in [1.807, 2.05) is 12.1 Å². The molecule has 0 fully saturated rings. The second-order valence-electron chi connectivity index (χ2n) is 10.1. The zero-order chi connectivity index (χ0) is 26.3. The average Bonchev–Trinajstić information content (AvgIpc) is 3.27. The van der Waals surface area contributed by atoms with Crippen LogP contribution in [0.3, 0.4) is 0 Å². The molecule has 0 unspecified atom stereocenters. The highest BCUT2D eigenvalue weighted by molar-refractivity contribution is 6.07. The van der Waals surface area contributed by atoms with Gasteiger partial charge in [0.1, 0.15) is 0 Å². The summed E-state index contributed by atoms with van der Waals surface area (Å²) in [4.78, 5) is 2.30. The molecule has 5 nitrogen and oxygen atoms in total. The van der Waals surface area contributed by atoms with Crippen LogP contribution < -0.4 is 10.2 Å². The van der Waals surface area contributed by atoms with Crippen molar-refractivity contribution in [3.8, 4) is 0 Å². The molecule has 4 aromatic carbocycles. The average molecular weight is 508 g/mol. The number of hydrogen-bond acceptors (Lipinski definition) is 4. The highest BCUT2D eigenvalue weighted by Gasteiger charge is 2.21. The first-order chi connectivity index (χ1) is 18.6. The second-order valence-corrected chi connectivity index (χ2v) is 10.1. The molecule has 1 heterocycles. The minimum atomic E-state index is -0.583. The fraction of sp³-hybridized carbons (Fsp3) is 0.273. The van der Waals surface area contributed by atoms with Gasteiger partial charge in [-0.2, -0.15) is 0 Å². The molecule has 196 valence electrons. The molecule has 2 atom stereocenters. The summed E-state index contributed by atoms with van der Waals surface area (Å²) in [6.45, 7) is 6.22. The molecule has 0 saturated carbocycles. The molecule has 2 N–H and O–H groups in total. The number of aliphatic hydroxyl groups is 1. The lowest BCUT2D eigenvalue weighted by molar-refractivity contribution is -0.0110. The second kappa shape index (κ2) is 12.3. The van der Waals surface area contributed by atoms with Gasteiger partial charge in [-0.25, -0.2) is 0 Å². The van der Waals surface area contributed by atoms with E-state index in [2.05, 4.69) is 126 Å². The highest BCUT2D eigenvalue weighted by Crippen LogP contribution is 2.30. The number of nitrogens with zero attached hydrogens (tertiary/aromatic N) is 2. The maximum atomic E-state index is 10.7. The summed E-state index contributed by atoms with van der Waals surface area (Å²) in [5.41, 5.74) is 4.60. The summed E-state index contributed by atoms with van der Waals surface area (Å²) in [5.74, 6) is 0. The summed E-state index contributed by atoms with van der Waals surface area (Å²) in [6, 6.07) is 38.3. The van der Waals surface area contributed by atoms with Crippen LogP contribution in [0.15, 0.2) is 109 Å². The van der Waals surface area contributed by atoms with Crippen LogP contribution in [-0.2, 0) is 11.3 Å². The Bertz CT molecular complexity index is 1340. The summed E-state index contributed by atoms with van der Waals surface area (Å²) in [7, 11) is 0. The summed E-state index contributed by atoms with van der Waals surface area (Å²) in [5, 5.41) is 16.5. The van der Waals surface area contributed by atoms with Crippen molar-refractivity contribution >= 4 is 33.2 Å². The molecular weight excluding hydrogens is 470 g/mol. The molecule has 0 radical (unpaired) electrons. The minimum absolute atomic E-state index is 0.177. The molecule has 5 rings (SSSR count). The molecule has 1 aromatic heterocycles. The molecule has 38 heavy (non-hydrogen) atoms. The maximum Gasteiger partial charge on any atom is 0.0934 e. The van der Waals surface area contributed by atoms with Gasteiger partial charge in [0.25, 0.3) is 0 Å². The third-order valence-corrected chi connectivity index (χ3v) is 6.87. The van der Waals surface area contributed by atoms with Gasteiger partial charge in [-0.3, -0.25) is 0 Å². The van der Waals surface area contributed by atoms with Crippen LogP contribution in [0.4, 0.5) is 11.4 Å². The number of aromatic nitrogens is 1. The Kier molecular flexibility index (Phi) is 8.39. The number of rotatable bonds is 12. The Morgan fingerprint density at radius 3 is 1.76 bits per heavy atom. The molecule has 0 amide bonds. The van der Waals surface area contributed by atoms with Crippen LogP contribution in [0.2, 0.25) is 0 Å². The SMILES string of the molecule is CC(C)NC[C@H](O)CO[C@@H](CN(c1ccccc1)c1ccccc1)Cn1c2ccccc2c2ccccc21. The van der Waals surface area contributed by atoms with Gasteiger partial charge in [0, 0.05) is 45.8 Å². The van der Waals surface area contributed by atoms with E-state index in [0.29, 0.717) is 25.7 Å². The molecule has 5 aromatic rings. The van der Waals surface area contributed by atoms with Gasteiger partial charge in [0.05, 0.1) is 31.9 Å². The molecule has 5 heteroatoms. The van der Waals surface area contributed by atoms with Gasteiger partial charge < -0.3 is 24.6 Å². The Balaban J connectivity index is 1.49. The zero-order valence-corrected chi connectivity index (χ0v) is 22.2. The van der Waals surface area contributed by atoms with E-state index in [0.717, 1.165) is 11.4 Å². The number of para-hydroxylation sites is 4. The largest absolute Gasteiger partial charge is 0.389 e. The lowest BCUT2D eigenvalue weighted by Crippen LogP contribution is -2.39. The molecule has 0 aliphatic carbocycles. The van der Waals surface area contributed by atoms with Crippen molar-refractivity contribution in [3.05, 3.63) is 109 Å². The van der Waals surface area contributed by atoms with E-state index >= 15 is 0 Å². The van der Waals surface area contributed by atoms with E-state index < -0.39 is 6.10 Å². The molecular formula is C33H37N3O2. The first-order valence-electron chi connectivity index (χ1n) is 13.5. The van der Waals surface area contributed by atoms with Gasteiger partial charge in [-0.05, 0) is 36.4 Å². The first kappa shape index (κ1) is 26.0. The maximum absolute atomic E-state index is 10.7. The zero-order valence-electron chi connectivity index (χ0n) is 22.2. The number of anilines is 2. The summed E-state index contributed by atoms with van der Waals surface area (Å²) in [6.07, 6.45) is -0.761. The fourth-order valence-electron chi connectivity index (χ4n) is 5.02. The number of hydrogen-bond donors (Lipinski definition) is 2. The van der Waals surface area contributed by atoms with E-state index in [4.69, 9.17) is 4.74 Å². The molecule has 0 aliphatic rings. The van der Waals surface area contributed by atoms with Crippen LogP contribution in [0, 0.1) is 0 Å². The molecule has 0 bridgehead atoms. The van der Waals surface area contributed by atoms with Gasteiger partial charge in [0.15, 0.2) is 0 Å². The van der Waals surface area contributed by atoms with Crippen molar-refractivity contribution in [3.63, 3.8) is 0 Å². The highest BCUT2D eigenvalue weighted by atomic mass is 16.5. The Morgan fingerprint density at radius 1 is 0.737 bits per heavy atom. The molecule has 0 aliphatic heterocycles. The Hall–Kier alpha value is -3.64. The monoisotopic (exact) mass is 507 g/mol. The van der Waals surface area contributed by atoms with Crippen LogP contribution in [-0.4, -0.2) is 47.6 Å². The number of ether oxygens (including phenoxy) is 1. The third kappa shape index (κ3) is 6.08. The molecule has 0 spiro atoms. The smallest absolute Gasteiger partial charge is 0.0934 e. The van der Waals surface area contributed by atoms with Crippen LogP contribution >= 0.6 is 0 Å². The van der Waals surface area contributed by atoms with Crippen LogP contribution in [0.5, 0.6) is 0 Å². The number of benzene rings is 4. The summed E-state index contributed by atoms with van der Waals surface area (Å²) < 4.78 is 8.89. The Labute approximate surface area is 225 Å². The van der Waals surface area contributed by atoms with Crippen molar-refractivity contribution in [2.45, 2.75) is 38.6 Å². The van der Waals surface area contributed by atoms with Crippen molar-refractivity contribution < 1.29 is 9.84 Å². The normalized spacial score (nSPS) is 13.3. The third-order valence-electron chi connectivity index (χ3n) is 6.87. The number of nitrogens with one attached hydrogen (secondary N) is 1. The van der Waals surface area contributed by atoms with Crippen LogP contribution in [0.25, 0.3) is 21.8 Å². The number of aliphatic hydroxyl groups excluding tert-OH is 1. The quantitative estimate of drug-likeness (QED) is 0.206. The van der Waals surface area contributed by atoms with Crippen molar-refractivity contribution in [1.82, 2.24) is 9.88 Å². The van der Waals surface area contributed by atoms with Crippen molar-refractivity contribution in [2.75, 3.05) is 24.6 Å². The van der Waals surface area contributed by atoms with Gasteiger partial charge in [-0.1, -0.05) is 86.6 Å². The fourth-order valence-corrected chi connectivity index (χ4v) is 5.02. The Morgan fingerprint density at radius 2 is 1.24 bits per heavy atom. The lowest BCUT2D eigenvalue weighted by Gasteiger charge is -2.31. The molecule has 0 saturated heterocycles. The summed E-state index contributed by atoms with van der Waals surface area (Å²) >= 11 is 0. The predicted octanol–water partition coefficient (Wildman–Crippen LogP) is 6.38. The minimum Gasteiger partial charge on any atom is -0.389 e. The van der Waals surface area contributed by atoms with Gasteiger partial charge >= 0.3 is 0 Å². The lowest BCUT2D eigenvalue weighted by atomic mass is 10.2. The topological polar surface area (TPSA) is 49.7 Å². The predicted molar refractivity (Wildman–Crippen MR) is 158 cm³/mol. The van der Waals surface area contributed by atoms with Gasteiger partial charge in [0.2, 0.25) is 0 Å². The van der Waals surface area contributed by atoms with E-state index in [1.54, 1.807) is 0 Å². The van der Waals surface area contributed by atoms with Crippen LogP contribution in [0.1, 0.15) is 13.8 Å². The van der Waals surface area contributed by atoms with E-state index in [1.165, 1.54) is 21.8 Å². The standard InChI is InChI=1S/C33H37N3O2/c1-25(2)34-21-28(37)24-38-29(22-35(26-13-5-3-6-14-26)27-15-7-4-8-16-27)23-36-32-19-11-9-17-30(32)31-18-10-12-20-33(31)36/h3-20,25,28-29,34,37H,21-24H2,1-2H3/t28-,29-/m0/s1. The van der Waals surface area contributed by atoms with E-state index in [9.17, 15) is 5.11 Å². The number of fused-ring (bicyclic) bond motifs is 3. The van der Waals surface area contributed by atoms with Crippen molar-refractivity contribution in [2.24, 2.45) is 0 Å². The van der Waals surface area contributed by atoms with Gasteiger partial charge in [-0.15, -0.1) is 0 Å². The van der Waals surface area contributed by atoms with E-state index in [-0.39, 0.29) is 12.7 Å². The van der Waals surface area contributed by atoms with Crippen molar-refractivity contribution in [1.29, 1.82) is 0 Å².